The van der Waals surface area contributed by atoms with Crippen molar-refractivity contribution in [2.45, 2.75) is 37.9 Å². The Hall–Kier alpha value is -1.90. The highest BCUT2D eigenvalue weighted by molar-refractivity contribution is 7.03. The number of amides is 1. The maximum absolute atomic E-state index is 13.4. The molecular weight excluding hydrogens is 379 g/mol. The van der Waals surface area contributed by atoms with Gasteiger partial charge in [-0.25, -0.2) is 4.39 Å². The van der Waals surface area contributed by atoms with Gasteiger partial charge in [0, 0.05) is 43.4 Å². The summed E-state index contributed by atoms with van der Waals surface area (Å²) in [4.78, 5) is 17.0. The zero-order chi connectivity index (χ0) is 19.7. The molecule has 0 radical (unpaired) electrons. The van der Waals surface area contributed by atoms with E-state index in [0.717, 1.165) is 24.3 Å². The molecule has 0 saturated carbocycles. The number of morpholine rings is 1. The molecule has 4 atom stereocenters. The summed E-state index contributed by atoms with van der Waals surface area (Å²) in [5.41, 5.74) is 2.02. The van der Waals surface area contributed by atoms with Crippen LogP contribution < -0.4 is 0 Å². The van der Waals surface area contributed by atoms with Crippen LogP contribution in [0.5, 0.6) is 0 Å². The van der Waals surface area contributed by atoms with Crippen molar-refractivity contribution < 1.29 is 13.9 Å². The first-order valence-corrected chi connectivity index (χ1v) is 10.5. The number of halogens is 1. The molecule has 150 valence electrons. The number of carbonyl (C=O) groups is 1. The molecule has 28 heavy (non-hydrogen) atoms. The van der Waals surface area contributed by atoms with Crippen molar-refractivity contribution in [3.05, 3.63) is 46.7 Å². The first kappa shape index (κ1) is 19.4. The molecule has 2 saturated heterocycles. The SMILES string of the molecule is C[C@@H]1CN(C(=O)CN2C[C@H](c3ccc(F)cc3)[C@@H](c3csnn3)C2)C[C@H](C)O1. The maximum Gasteiger partial charge on any atom is 0.236 e. The Morgan fingerprint density at radius 2 is 1.82 bits per heavy atom. The molecule has 0 N–H and O–H groups in total. The molecule has 1 aromatic carbocycles. The van der Waals surface area contributed by atoms with E-state index in [-0.39, 0.29) is 35.8 Å². The number of hydrogen-bond acceptors (Lipinski definition) is 6. The Morgan fingerprint density at radius 3 is 2.46 bits per heavy atom. The van der Waals surface area contributed by atoms with Crippen LogP contribution >= 0.6 is 11.5 Å². The summed E-state index contributed by atoms with van der Waals surface area (Å²) >= 11 is 1.34. The third-order valence-electron chi connectivity index (χ3n) is 5.58. The predicted molar refractivity (Wildman–Crippen MR) is 105 cm³/mol. The fourth-order valence-electron chi connectivity index (χ4n) is 4.37. The van der Waals surface area contributed by atoms with Gasteiger partial charge in [-0.15, -0.1) is 5.10 Å². The maximum atomic E-state index is 13.4. The fraction of sp³-hybridized carbons (Fsp3) is 0.550. The van der Waals surface area contributed by atoms with Crippen LogP contribution in [0.2, 0.25) is 0 Å². The Kier molecular flexibility index (Phi) is 5.70. The van der Waals surface area contributed by atoms with E-state index in [1.807, 2.05) is 36.3 Å². The second kappa shape index (κ2) is 8.23. The number of nitrogens with zero attached hydrogens (tertiary/aromatic N) is 4. The minimum absolute atomic E-state index is 0.0621. The first-order chi connectivity index (χ1) is 13.5. The van der Waals surface area contributed by atoms with E-state index >= 15 is 0 Å². The lowest BCUT2D eigenvalue weighted by atomic mass is 9.87. The van der Waals surface area contributed by atoms with Crippen molar-refractivity contribution in [2.24, 2.45) is 0 Å². The lowest BCUT2D eigenvalue weighted by Crippen LogP contribution is -2.50. The minimum atomic E-state index is -0.240. The van der Waals surface area contributed by atoms with Crippen molar-refractivity contribution in [1.82, 2.24) is 19.4 Å². The van der Waals surface area contributed by atoms with Crippen LogP contribution in [-0.2, 0) is 9.53 Å². The molecule has 3 heterocycles. The van der Waals surface area contributed by atoms with Crippen LogP contribution in [0.25, 0.3) is 0 Å². The van der Waals surface area contributed by atoms with Gasteiger partial charge < -0.3 is 9.64 Å². The Morgan fingerprint density at radius 1 is 1.14 bits per heavy atom. The molecule has 2 aromatic rings. The van der Waals surface area contributed by atoms with Gasteiger partial charge in [-0.2, -0.15) is 0 Å². The Labute approximate surface area is 168 Å². The van der Waals surface area contributed by atoms with Gasteiger partial charge in [0.1, 0.15) is 5.82 Å². The van der Waals surface area contributed by atoms with E-state index in [4.69, 9.17) is 4.74 Å². The molecule has 6 nitrogen and oxygen atoms in total. The number of carbonyl (C=O) groups excluding carboxylic acids is 1. The van der Waals surface area contributed by atoms with Crippen molar-refractivity contribution in [3.8, 4) is 0 Å². The van der Waals surface area contributed by atoms with Gasteiger partial charge in [-0.05, 0) is 43.1 Å². The van der Waals surface area contributed by atoms with E-state index in [1.165, 1.54) is 23.7 Å². The molecule has 4 rings (SSSR count). The summed E-state index contributed by atoms with van der Waals surface area (Å²) in [6.07, 6.45) is 0.124. The average molecular weight is 405 g/mol. The highest BCUT2D eigenvalue weighted by atomic mass is 32.1. The van der Waals surface area contributed by atoms with E-state index in [1.54, 1.807) is 0 Å². The highest BCUT2D eigenvalue weighted by Crippen LogP contribution is 2.39. The predicted octanol–water partition coefficient (Wildman–Crippen LogP) is 2.50. The monoisotopic (exact) mass is 404 g/mol. The second-order valence-electron chi connectivity index (χ2n) is 7.84. The normalized spacial score (nSPS) is 28.6. The van der Waals surface area contributed by atoms with E-state index in [0.29, 0.717) is 19.6 Å². The largest absolute Gasteiger partial charge is 0.372 e. The van der Waals surface area contributed by atoms with Crippen LogP contribution in [0.1, 0.15) is 36.9 Å². The Balaban J connectivity index is 1.48. The standard InChI is InChI=1S/C20H25FN4O2S/c1-13-7-25(8-14(2)27-13)20(26)11-24-9-17(15-3-5-16(21)6-4-15)18(10-24)19-12-28-23-22-19/h3-6,12-14,17-18H,7-11H2,1-2H3/t13-,14+,17-,18+/m1/s1. The van der Waals surface area contributed by atoms with Crippen LogP contribution in [0.4, 0.5) is 4.39 Å². The quantitative estimate of drug-likeness (QED) is 0.784. The smallest absolute Gasteiger partial charge is 0.236 e. The van der Waals surface area contributed by atoms with Crippen LogP contribution in [-0.4, -0.2) is 70.2 Å². The molecule has 0 aliphatic carbocycles. The lowest BCUT2D eigenvalue weighted by molar-refractivity contribution is -0.144. The first-order valence-electron chi connectivity index (χ1n) is 9.67. The van der Waals surface area contributed by atoms with Gasteiger partial charge in [0.15, 0.2) is 0 Å². The molecule has 0 spiro atoms. The molecule has 1 amide bonds. The summed E-state index contributed by atoms with van der Waals surface area (Å²) < 4.78 is 23.1. The molecule has 0 unspecified atom stereocenters. The molecule has 1 aromatic heterocycles. The van der Waals surface area contributed by atoms with Crippen molar-refractivity contribution in [2.75, 3.05) is 32.7 Å². The number of ether oxygens (including phenoxy) is 1. The molecular formula is C20H25FN4O2S. The van der Waals surface area contributed by atoms with Gasteiger partial charge in [0.05, 0.1) is 24.4 Å². The number of aromatic nitrogens is 2. The molecule has 2 fully saturated rings. The number of rotatable bonds is 4. The summed E-state index contributed by atoms with van der Waals surface area (Å²) in [6, 6.07) is 6.67. The van der Waals surface area contributed by atoms with Crippen LogP contribution in [0.15, 0.2) is 29.6 Å². The Bertz CT molecular complexity index is 791. The van der Waals surface area contributed by atoms with E-state index < -0.39 is 0 Å². The molecule has 0 bridgehead atoms. The van der Waals surface area contributed by atoms with Gasteiger partial charge in [-0.1, -0.05) is 16.6 Å². The van der Waals surface area contributed by atoms with Crippen molar-refractivity contribution >= 4 is 17.4 Å². The third-order valence-corrected chi connectivity index (χ3v) is 6.10. The average Bonchev–Trinajstić information content (AvgIpc) is 3.31. The van der Waals surface area contributed by atoms with Gasteiger partial charge in [0.25, 0.3) is 0 Å². The number of likely N-dealkylation sites (tertiary alicyclic amines) is 1. The number of hydrogen-bond donors (Lipinski definition) is 0. The third kappa shape index (κ3) is 4.24. The van der Waals surface area contributed by atoms with Crippen LogP contribution in [0, 0.1) is 5.82 Å². The minimum Gasteiger partial charge on any atom is -0.372 e. The topological polar surface area (TPSA) is 58.6 Å². The molecule has 2 aliphatic rings. The summed E-state index contributed by atoms with van der Waals surface area (Å²) in [5.74, 6) is 0.215. The number of benzene rings is 1. The van der Waals surface area contributed by atoms with Crippen LogP contribution in [0.3, 0.4) is 0 Å². The van der Waals surface area contributed by atoms with Gasteiger partial charge in [-0.3, -0.25) is 9.69 Å². The zero-order valence-electron chi connectivity index (χ0n) is 16.1. The van der Waals surface area contributed by atoms with Gasteiger partial charge >= 0.3 is 0 Å². The summed E-state index contributed by atoms with van der Waals surface area (Å²) in [6.45, 7) is 7.15. The lowest BCUT2D eigenvalue weighted by Gasteiger charge is -2.36. The highest BCUT2D eigenvalue weighted by Gasteiger charge is 2.38. The van der Waals surface area contributed by atoms with E-state index in [9.17, 15) is 9.18 Å². The summed E-state index contributed by atoms with van der Waals surface area (Å²) in [7, 11) is 0. The molecule has 8 heteroatoms. The van der Waals surface area contributed by atoms with Crippen molar-refractivity contribution in [3.63, 3.8) is 0 Å². The van der Waals surface area contributed by atoms with Crippen molar-refractivity contribution in [1.29, 1.82) is 0 Å². The zero-order valence-corrected chi connectivity index (χ0v) is 16.9. The fourth-order valence-corrected chi connectivity index (χ4v) is 4.89. The van der Waals surface area contributed by atoms with E-state index in [2.05, 4.69) is 14.5 Å². The molecule has 2 aliphatic heterocycles. The summed E-state index contributed by atoms with van der Waals surface area (Å²) in [5, 5.41) is 6.24. The second-order valence-corrected chi connectivity index (χ2v) is 8.45. The van der Waals surface area contributed by atoms with Gasteiger partial charge in [0.2, 0.25) is 5.91 Å².